The van der Waals surface area contributed by atoms with Gasteiger partial charge in [-0.2, -0.15) is 5.10 Å². The number of thiazole rings is 1. The number of hydrogen-bond donors (Lipinski definition) is 1. The Bertz CT molecular complexity index is 458. The Morgan fingerprint density at radius 1 is 1.44 bits per heavy atom. The maximum atomic E-state index is 4.39. The normalized spacial score (nSPS) is 11.0. The molecule has 2 aromatic rings. The second kappa shape index (κ2) is 4.65. The molecule has 1 N–H and O–H groups in total. The Morgan fingerprint density at radius 3 is 2.81 bits per heavy atom. The van der Waals surface area contributed by atoms with Crippen LogP contribution < -0.4 is 5.32 Å². The molecule has 2 heterocycles. The van der Waals surface area contributed by atoms with Crippen LogP contribution in [0.1, 0.15) is 29.7 Å². The van der Waals surface area contributed by atoms with Crippen molar-refractivity contribution >= 4 is 17.0 Å². The molecule has 0 unspecified atom stereocenters. The van der Waals surface area contributed by atoms with E-state index in [0.717, 1.165) is 12.2 Å². The zero-order valence-corrected chi connectivity index (χ0v) is 10.6. The predicted octanol–water partition coefficient (Wildman–Crippen LogP) is 2.61. The van der Waals surface area contributed by atoms with Crippen molar-refractivity contribution in [2.45, 2.75) is 26.3 Å². The molecule has 86 valence electrons. The summed E-state index contributed by atoms with van der Waals surface area (Å²) in [5.41, 5.74) is 1.04. The lowest BCUT2D eigenvalue weighted by molar-refractivity contribution is 0.768. The Balaban J connectivity index is 1.94. The first-order valence-electron chi connectivity index (χ1n) is 5.32. The van der Waals surface area contributed by atoms with Gasteiger partial charge in [0.15, 0.2) is 0 Å². The largest absolute Gasteiger partial charge is 0.378 e. The Labute approximate surface area is 99.3 Å². The number of rotatable bonds is 4. The number of nitrogens with one attached hydrogen (secondary N) is 1. The third-order valence-electron chi connectivity index (χ3n) is 2.24. The van der Waals surface area contributed by atoms with E-state index in [1.165, 1.54) is 9.88 Å². The van der Waals surface area contributed by atoms with Crippen molar-refractivity contribution in [1.82, 2.24) is 14.8 Å². The molecule has 0 aliphatic rings. The molecule has 0 aromatic carbocycles. The average molecular weight is 236 g/mol. The lowest BCUT2D eigenvalue weighted by atomic mass is 10.2. The van der Waals surface area contributed by atoms with Crippen LogP contribution in [0.4, 0.5) is 5.69 Å². The molecule has 2 rings (SSSR count). The van der Waals surface area contributed by atoms with Crippen LogP contribution in [-0.4, -0.2) is 14.8 Å². The van der Waals surface area contributed by atoms with Crippen LogP contribution in [0.15, 0.2) is 18.6 Å². The van der Waals surface area contributed by atoms with Gasteiger partial charge in [-0.05, 0) is 0 Å². The van der Waals surface area contributed by atoms with E-state index in [1.54, 1.807) is 16.0 Å². The molecular weight excluding hydrogens is 220 g/mol. The van der Waals surface area contributed by atoms with E-state index in [-0.39, 0.29) is 0 Å². The Kier molecular flexibility index (Phi) is 3.24. The summed E-state index contributed by atoms with van der Waals surface area (Å²) in [7, 11) is 1.91. The SMILES string of the molecule is CC(C)c1ncc(CNc2cnn(C)c2)s1. The zero-order chi connectivity index (χ0) is 11.5. The molecule has 0 aliphatic carbocycles. The molecule has 5 heteroatoms. The highest BCUT2D eigenvalue weighted by Crippen LogP contribution is 2.21. The van der Waals surface area contributed by atoms with Crippen molar-refractivity contribution in [3.63, 3.8) is 0 Å². The van der Waals surface area contributed by atoms with Gasteiger partial charge >= 0.3 is 0 Å². The van der Waals surface area contributed by atoms with Crippen molar-refractivity contribution < 1.29 is 0 Å². The summed E-state index contributed by atoms with van der Waals surface area (Å²) in [6, 6.07) is 0. The Morgan fingerprint density at radius 2 is 2.25 bits per heavy atom. The van der Waals surface area contributed by atoms with Crippen LogP contribution in [0.5, 0.6) is 0 Å². The average Bonchev–Trinajstić information content (AvgIpc) is 2.83. The van der Waals surface area contributed by atoms with E-state index < -0.39 is 0 Å². The molecule has 0 saturated carbocycles. The van der Waals surface area contributed by atoms with Crippen LogP contribution in [-0.2, 0) is 13.6 Å². The summed E-state index contributed by atoms with van der Waals surface area (Å²) in [5, 5.41) is 8.62. The van der Waals surface area contributed by atoms with E-state index in [2.05, 4.69) is 29.2 Å². The van der Waals surface area contributed by atoms with Gasteiger partial charge in [0.2, 0.25) is 0 Å². The van der Waals surface area contributed by atoms with Gasteiger partial charge in [0.1, 0.15) is 0 Å². The fourth-order valence-electron chi connectivity index (χ4n) is 1.37. The quantitative estimate of drug-likeness (QED) is 0.887. The monoisotopic (exact) mass is 236 g/mol. The van der Waals surface area contributed by atoms with E-state index >= 15 is 0 Å². The third kappa shape index (κ3) is 2.61. The molecule has 0 fully saturated rings. The molecule has 0 saturated heterocycles. The standard InChI is InChI=1S/C11H16N4S/c1-8(2)11-13-6-10(16-11)5-12-9-4-14-15(3)7-9/h4,6-8,12H,5H2,1-3H3. The first-order chi connectivity index (χ1) is 7.65. The minimum absolute atomic E-state index is 0.511. The maximum absolute atomic E-state index is 4.39. The predicted molar refractivity (Wildman–Crippen MR) is 66.7 cm³/mol. The molecule has 0 radical (unpaired) electrons. The highest BCUT2D eigenvalue weighted by atomic mass is 32.1. The van der Waals surface area contributed by atoms with Gasteiger partial charge in [-0.25, -0.2) is 4.98 Å². The van der Waals surface area contributed by atoms with E-state index in [9.17, 15) is 0 Å². The van der Waals surface area contributed by atoms with Gasteiger partial charge in [0.25, 0.3) is 0 Å². The number of aryl methyl sites for hydroxylation is 1. The zero-order valence-electron chi connectivity index (χ0n) is 9.77. The molecule has 0 aliphatic heterocycles. The second-order valence-electron chi connectivity index (χ2n) is 4.08. The van der Waals surface area contributed by atoms with Crippen LogP contribution in [0.2, 0.25) is 0 Å². The molecule has 0 atom stereocenters. The molecule has 0 spiro atoms. The number of anilines is 1. The third-order valence-corrected chi connectivity index (χ3v) is 3.53. The van der Waals surface area contributed by atoms with Gasteiger partial charge in [0.05, 0.1) is 23.4 Å². The summed E-state index contributed by atoms with van der Waals surface area (Å²) in [5.74, 6) is 0.511. The summed E-state index contributed by atoms with van der Waals surface area (Å²) >= 11 is 1.77. The summed E-state index contributed by atoms with van der Waals surface area (Å²) in [6.07, 6.45) is 5.73. The maximum Gasteiger partial charge on any atom is 0.0953 e. The molecule has 0 bridgehead atoms. The van der Waals surface area contributed by atoms with Crippen molar-refractivity contribution in [2.24, 2.45) is 7.05 Å². The molecule has 0 amide bonds. The van der Waals surface area contributed by atoms with Gasteiger partial charge < -0.3 is 5.32 Å². The van der Waals surface area contributed by atoms with Gasteiger partial charge in [0, 0.05) is 30.2 Å². The number of hydrogen-bond acceptors (Lipinski definition) is 4. The first kappa shape index (κ1) is 11.1. The lowest BCUT2D eigenvalue weighted by Gasteiger charge is -1.99. The van der Waals surface area contributed by atoms with Gasteiger partial charge in [-0.3, -0.25) is 4.68 Å². The molecule has 16 heavy (non-hydrogen) atoms. The molecule has 2 aromatic heterocycles. The second-order valence-corrected chi connectivity index (χ2v) is 5.22. The van der Waals surface area contributed by atoms with E-state index in [0.29, 0.717) is 5.92 Å². The Hall–Kier alpha value is -1.36. The minimum atomic E-state index is 0.511. The highest BCUT2D eigenvalue weighted by Gasteiger charge is 2.05. The smallest absolute Gasteiger partial charge is 0.0953 e. The fourth-order valence-corrected chi connectivity index (χ4v) is 2.23. The summed E-state index contributed by atoms with van der Waals surface area (Å²) < 4.78 is 1.79. The lowest BCUT2D eigenvalue weighted by Crippen LogP contribution is -1.95. The molecule has 4 nitrogen and oxygen atoms in total. The summed E-state index contributed by atoms with van der Waals surface area (Å²) in [6.45, 7) is 5.14. The van der Waals surface area contributed by atoms with E-state index in [4.69, 9.17) is 0 Å². The number of nitrogens with zero attached hydrogens (tertiary/aromatic N) is 3. The highest BCUT2D eigenvalue weighted by molar-refractivity contribution is 7.11. The summed E-state index contributed by atoms with van der Waals surface area (Å²) in [4.78, 5) is 5.65. The van der Waals surface area contributed by atoms with Crippen molar-refractivity contribution in [2.75, 3.05) is 5.32 Å². The van der Waals surface area contributed by atoms with E-state index in [1.807, 2.05) is 25.6 Å². The van der Waals surface area contributed by atoms with Crippen molar-refractivity contribution in [1.29, 1.82) is 0 Å². The first-order valence-corrected chi connectivity index (χ1v) is 6.14. The van der Waals surface area contributed by atoms with Crippen LogP contribution in [0, 0.1) is 0 Å². The van der Waals surface area contributed by atoms with Crippen LogP contribution in [0.25, 0.3) is 0 Å². The van der Waals surface area contributed by atoms with Crippen molar-refractivity contribution in [3.8, 4) is 0 Å². The number of aromatic nitrogens is 3. The van der Waals surface area contributed by atoms with Gasteiger partial charge in [-0.1, -0.05) is 13.8 Å². The van der Waals surface area contributed by atoms with Crippen LogP contribution >= 0.6 is 11.3 Å². The topological polar surface area (TPSA) is 42.7 Å². The van der Waals surface area contributed by atoms with Gasteiger partial charge in [-0.15, -0.1) is 11.3 Å². The van der Waals surface area contributed by atoms with Crippen molar-refractivity contribution in [3.05, 3.63) is 28.5 Å². The van der Waals surface area contributed by atoms with Crippen LogP contribution in [0.3, 0.4) is 0 Å². The fraction of sp³-hybridized carbons (Fsp3) is 0.455. The molecular formula is C11H16N4S. The minimum Gasteiger partial charge on any atom is -0.378 e.